The van der Waals surface area contributed by atoms with Crippen molar-refractivity contribution < 1.29 is 14.5 Å². The largest absolute Gasteiger partial charge is 0.463 e. The van der Waals surface area contributed by atoms with Gasteiger partial charge in [0.2, 0.25) is 0 Å². The van der Waals surface area contributed by atoms with Crippen LogP contribution in [0.3, 0.4) is 0 Å². The summed E-state index contributed by atoms with van der Waals surface area (Å²) in [5.74, 6) is -0.315. The second-order valence-electron chi connectivity index (χ2n) is 4.36. The Balaban J connectivity index is 2.38. The molecule has 0 saturated heterocycles. The monoisotopic (exact) mass is 273 g/mol. The third-order valence-electron chi connectivity index (χ3n) is 3.08. The lowest BCUT2D eigenvalue weighted by Crippen LogP contribution is -2.11. The normalized spacial score (nSPS) is 14.2. The Kier molecular flexibility index (Phi) is 4.30. The van der Waals surface area contributed by atoms with Crippen molar-refractivity contribution in [2.45, 2.75) is 19.8 Å². The molecule has 0 fully saturated rings. The third-order valence-corrected chi connectivity index (χ3v) is 3.08. The highest BCUT2D eigenvalue weighted by atomic mass is 16.6. The molecule has 104 valence electrons. The van der Waals surface area contributed by atoms with Crippen LogP contribution in [0.15, 0.2) is 42.0 Å². The molecule has 1 aliphatic rings. The van der Waals surface area contributed by atoms with Gasteiger partial charge in [-0.15, -0.1) is 0 Å². The highest BCUT2D eigenvalue weighted by Gasteiger charge is 2.18. The molecule has 0 radical (unpaired) electrons. The maximum atomic E-state index is 11.9. The van der Waals surface area contributed by atoms with Crippen LogP contribution in [0.25, 0.3) is 5.57 Å². The van der Waals surface area contributed by atoms with Crippen molar-refractivity contribution in [3.63, 3.8) is 0 Å². The van der Waals surface area contributed by atoms with Crippen LogP contribution in [-0.4, -0.2) is 17.5 Å². The van der Waals surface area contributed by atoms with Gasteiger partial charge >= 0.3 is 5.97 Å². The minimum Gasteiger partial charge on any atom is -0.463 e. The SMILES string of the molecule is CCOC(=O)C1=C(c2ccc([N+](=O)[O-])cc2)C=CCC1. The van der Waals surface area contributed by atoms with Gasteiger partial charge in [0.05, 0.1) is 11.5 Å². The van der Waals surface area contributed by atoms with Crippen molar-refractivity contribution in [3.8, 4) is 0 Å². The maximum Gasteiger partial charge on any atom is 0.334 e. The van der Waals surface area contributed by atoms with Gasteiger partial charge in [-0.05, 0) is 43.0 Å². The predicted octanol–water partition coefficient (Wildman–Crippen LogP) is 3.26. The predicted molar refractivity (Wildman–Crippen MR) is 75.0 cm³/mol. The maximum absolute atomic E-state index is 11.9. The number of rotatable bonds is 4. The van der Waals surface area contributed by atoms with E-state index in [1.54, 1.807) is 19.1 Å². The van der Waals surface area contributed by atoms with Crippen LogP contribution in [0.2, 0.25) is 0 Å². The van der Waals surface area contributed by atoms with Crippen molar-refractivity contribution in [1.29, 1.82) is 0 Å². The van der Waals surface area contributed by atoms with Crippen LogP contribution in [0, 0.1) is 10.1 Å². The average molecular weight is 273 g/mol. The summed E-state index contributed by atoms with van der Waals surface area (Å²) < 4.78 is 5.06. The minimum atomic E-state index is -0.443. The zero-order valence-corrected chi connectivity index (χ0v) is 11.2. The van der Waals surface area contributed by atoms with Gasteiger partial charge in [0.1, 0.15) is 0 Å². The first-order valence-electron chi connectivity index (χ1n) is 6.45. The number of nitro benzene ring substituents is 1. The van der Waals surface area contributed by atoms with Gasteiger partial charge in [-0.25, -0.2) is 4.79 Å². The van der Waals surface area contributed by atoms with Crippen molar-refractivity contribution in [1.82, 2.24) is 0 Å². The Morgan fingerprint density at radius 1 is 1.35 bits per heavy atom. The molecular formula is C15H15NO4. The standard InChI is InChI=1S/C15H15NO4/c1-2-20-15(17)14-6-4-3-5-13(14)11-7-9-12(10-8-11)16(18)19/h3,5,7-10H,2,4,6H2,1H3. The number of nitrogens with zero attached hydrogens (tertiary/aromatic N) is 1. The highest BCUT2D eigenvalue weighted by Crippen LogP contribution is 2.29. The number of carbonyl (C=O) groups excluding carboxylic acids is 1. The fraction of sp³-hybridized carbons (Fsp3) is 0.267. The summed E-state index contributed by atoms with van der Waals surface area (Å²) in [4.78, 5) is 22.1. The molecule has 1 aromatic rings. The van der Waals surface area contributed by atoms with Crippen molar-refractivity contribution >= 4 is 17.2 Å². The zero-order chi connectivity index (χ0) is 14.5. The molecule has 1 aliphatic carbocycles. The highest BCUT2D eigenvalue weighted by molar-refractivity contribution is 6.00. The van der Waals surface area contributed by atoms with Crippen LogP contribution < -0.4 is 0 Å². The summed E-state index contributed by atoms with van der Waals surface area (Å²) in [6.45, 7) is 2.10. The fourth-order valence-electron chi connectivity index (χ4n) is 2.13. The summed E-state index contributed by atoms with van der Waals surface area (Å²) in [6.07, 6.45) is 5.28. The molecule has 0 saturated carbocycles. The lowest BCUT2D eigenvalue weighted by molar-refractivity contribution is -0.384. The molecule has 5 nitrogen and oxygen atoms in total. The van der Waals surface area contributed by atoms with Crippen LogP contribution in [0.5, 0.6) is 0 Å². The number of allylic oxidation sites excluding steroid dienone is 3. The first-order valence-corrected chi connectivity index (χ1v) is 6.45. The number of nitro groups is 1. The molecule has 1 aromatic carbocycles. The summed E-state index contributed by atoms with van der Waals surface area (Å²) in [5.41, 5.74) is 2.23. The van der Waals surface area contributed by atoms with E-state index in [0.717, 1.165) is 17.6 Å². The number of non-ortho nitro benzene ring substituents is 1. The van der Waals surface area contributed by atoms with E-state index in [1.807, 2.05) is 12.2 Å². The van der Waals surface area contributed by atoms with Gasteiger partial charge in [0.25, 0.3) is 5.69 Å². The van der Waals surface area contributed by atoms with Crippen molar-refractivity contribution in [2.75, 3.05) is 6.61 Å². The molecule has 0 bridgehead atoms. The van der Waals surface area contributed by atoms with E-state index in [4.69, 9.17) is 4.74 Å². The number of esters is 1. The van der Waals surface area contributed by atoms with E-state index in [-0.39, 0.29) is 11.7 Å². The zero-order valence-electron chi connectivity index (χ0n) is 11.2. The summed E-state index contributed by atoms with van der Waals surface area (Å²) in [5, 5.41) is 10.7. The molecule has 0 aliphatic heterocycles. The van der Waals surface area contributed by atoms with Gasteiger partial charge in [-0.2, -0.15) is 0 Å². The van der Waals surface area contributed by atoms with Crippen molar-refractivity contribution in [2.24, 2.45) is 0 Å². The van der Waals surface area contributed by atoms with E-state index in [9.17, 15) is 14.9 Å². The average Bonchev–Trinajstić information content (AvgIpc) is 2.47. The molecule has 0 aromatic heterocycles. The molecular weight excluding hydrogens is 258 g/mol. The Morgan fingerprint density at radius 2 is 2.05 bits per heavy atom. The molecule has 2 rings (SSSR count). The van der Waals surface area contributed by atoms with Crippen LogP contribution in [0.1, 0.15) is 25.3 Å². The van der Waals surface area contributed by atoms with E-state index in [1.165, 1.54) is 12.1 Å². The number of carbonyl (C=O) groups is 1. The molecule has 0 amide bonds. The fourth-order valence-corrected chi connectivity index (χ4v) is 2.13. The van der Waals surface area contributed by atoms with E-state index >= 15 is 0 Å². The number of benzene rings is 1. The van der Waals surface area contributed by atoms with Crippen LogP contribution >= 0.6 is 0 Å². The number of hydrogen-bond acceptors (Lipinski definition) is 4. The van der Waals surface area contributed by atoms with Crippen LogP contribution in [-0.2, 0) is 9.53 Å². The lowest BCUT2D eigenvalue weighted by Gasteiger charge is -2.15. The summed E-state index contributed by atoms with van der Waals surface area (Å²) in [7, 11) is 0. The van der Waals surface area contributed by atoms with Gasteiger partial charge in [0, 0.05) is 17.7 Å². The molecule has 0 spiro atoms. The third kappa shape index (κ3) is 2.93. The van der Waals surface area contributed by atoms with Crippen molar-refractivity contribution in [3.05, 3.63) is 57.7 Å². The molecule has 5 heteroatoms. The van der Waals surface area contributed by atoms with Gasteiger partial charge in [0.15, 0.2) is 0 Å². The minimum absolute atomic E-state index is 0.0341. The molecule has 0 N–H and O–H groups in total. The Labute approximate surface area is 116 Å². The lowest BCUT2D eigenvalue weighted by atomic mass is 9.92. The smallest absolute Gasteiger partial charge is 0.334 e. The van der Waals surface area contributed by atoms with E-state index < -0.39 is 4.92 Å². The molecule has 0 heterocycles. The first kappa shape index (κ1) is 14.0. The summed E-state index contributed by atoms with van der Waals surface area (Å²) >= 11 is 0. The molecule has 20 heavy (non-hydrogen) atoms. The van der Waals surface area contributed by atoms with E-state index in [2.05, 4.69) is 0 Å². The summed E-state index contributed by atoms with van der Waals surface area (Å²) in [6, 6.07) is 6.19. The molecule has 0 unspecified atom stereocenters. The van der Waals surface area contributed by atoms with Gasteiger partial charge < -0.3 is 4.74 Å². The van der Waals surface area contributed by atoms with Crippen LogP contribution in [0.4, 0.5) is 5.69 Å². The molecule has 0 atom stereocenters. The second kappa shape index (κ2) is 6.14. The quantitative estimate of drug-likeness (QED) is 0.479. The van der Waals surface area contributed by atoms with E-state index in [0.29, 0.717) is 18.6 Å². The number of ether oxygens (including phenoxy) is 1. The Morgan fingerprint density at radius 3 is 2.65 bits per heavy atom. The van der Waals surface area contributed by atoms with Gasteiger partial charge in [-0.3, -0.25) is 10.1 Å². The van der Waals surface area contributed by atoms with Gasteiger partial charge in [-0.1, -0.05) is 12.2 Å². The first-order chi connectivity index (χ1) is 9.63. The Hall–Kier alpha value is -2.43. The topological polar surface area (TPSA) is 69.4 Å². The Bertz CT molecular complexity index is 584. The second-order valence-corrected chi connectivity index (χ2v) is 4.36. The number of hydrogen-bond donors (Lipinski definition) is 0.